The Hall–Kier alpha value is -4.05. The SMILES string of the molecule is CN1CC(NC(=O)C2Sc3nccc4c3C2NC(=O)N4c2ccc(Oc3ccccc3)cc2)CC1=O. The number of urea groups is 1. The molecule has 6 rings (SSSR count). The number of carbonyl (C=O) groups excluding carboxylic acids is 3. The molecule has 10 heteroatoms. The van der Waals surface area contributed by atoms with Gasteiger partial charge in [0.05, 0.1) is 23.5 Å². The summed E-state index contributed by atoms with van der Waals surface area (Å²) in [5.74, 6) is 1.18. The van der Waals surface area contributed by atoms with Gasteiger partial charge in [0.2, 0.25) is 11.8 Å². The summed E-state index contributed by atoms with van der Waals surface area (Å²) in [5.41, 5.74) is 2.20. The molecule has 3 aromatic rings. The van der Waals surface area contributed by atoms with Crippen molar-refractivity contribution in [2.75, 3.05) is 18.5 Å². The fourth-order valence-electron chi connectivity index (χ4n) is 4.81. The van der Waals surface area contributed by atoms with Gasteiger partial charge in [-0.1, -0.05) is 30.0 Å². The molecular weight excluding hydrogens is 478 g/mol. The van der Waals surface area contributed by atoms with E-state index in [4.69, 9.17) is 4.74 Å². The number of carbonyl (C=O) groups is 3. The molecule has 0 aliphatic carbocycles. The van der Waals surface area contributed by atoms with Crippen molar-refractivity contribution in [1.29, 1.82) is 0 Å². The highest BCUT2D eigenvalue weighted by Crippen LogP contribution is 2.50. The van der Waals surface area contributed by atoms with Crippen molar-refractivity contribution in [3.05, 3.63) is 72.4 Å². The zero-order chi connectivity index (χ0) is 24.8. The first-order chi connectivity index (χ1) is 17.5. The van der Waals surface area contributed by atoms with Crippen LogP contribution in [-0.4, -0.2) is 52.6 Å². The zero-order valence-electron chi connectivity index (χ0n) is 19.4. The maximum absolute atomic E-state index is 13.3. The lowest BCUT2D eigenvalue weighted by molar-refractivity contribution is -0.126. The van der Waals surface area contributed by atoms with Crippen LogP contribution in [0.15, 0.2) is 71.9 Å². The standard InChI is InChI=1S/C26H23N5O4S/c1-30-14-15(13-20(30)32)28-24(33)23-22-21-19(11-12-27-25(21)36-23)31(26(34)29-22)16-7-9-18(10-8-16)35-17-5-3-2-4-6-17/h2-12,15,22-23H,13-14H2,1H3,(H,28,33)(H,29,34). The van der Waals surface area contributed by atoms with Crippen molar-refractivity contribution in [2.45, 2.75) is 28.8 Å². The normalized spacial score (nSPS) is 22.3. The largest absolute Gasteiger partial charge is 0.457 e. The predicted octanol–water partition coefficient (Wildman–Crippen LogP) is 3.60. The molecule has 1 saturated heterocycles. The third kappa shape index (κ3) is 3.93. The van der Waals surface area contributed by atoms with E-state index < -0.39 is 11.3 Å². The van der Waals surface area contributed by atoms with Crippen LogP contribution in [0.25, 0.3) is 0 Å². The Balaban J connectivity index is 1.24. The first-order valence-electron chi connectivity index (χ1n) is 11.6. The average Bonchev–Trinajstić information content (AvgIpc) is 3.40. The lowest BCUT2D eigenvalue weighted by atomic mass is 9.99. The summed E-state index contributed by atoms with van der Waals surface area (Å²) in [6.45, 7) is 0.479. The second kappa shape index (κ2) is 8.87. The predicted molar refractivity (Wildman–Crippen MR) is 134 cm³/mol. The van der Waals surface area contributed by atoms with Gasteiger partial charge in [0.1, 0.15) is 21.8 Å². The van der Waals surface area contributed by atoms with Crippen molar-refractivity contribution >= 4 is 41.0 Å². The molecule has 4 heterocycles. The summed E-state index contributed by atoms with van der Waals surface area (Å²) < 4.78 is 5.87. The molecule has 36 heavy (non-hydrogen) atoms. The van der Waals surface area contributed by atoms with Gasteiger partial charge < -0.3 is 20.3 Å². The minimum atomic E-state index is -0.567. The number of aromatic nitrogens is 1. The Morgan fingerprint density at radius 2 is 1.83 bits per heavy atom. The van der Waals surface area contributed by atoms with Crippen molar-refractivity contribution in [2.24, 2.45) is 0 Å². The van der Waals surface area contributed by atoms with E-state index in [0.29, 0.717) is 28.7 Å². The van der Waals surface area contributed by atoms with E-state index in [0.717, 1.165) is 11.3 Å². The van der Waals surface area contributed by atoms with Gasteiger partial charge in [-0.2, -0.15) is 0 Å². The van der Waals surface area contributed by atoms with Crippen LogP contribution in [0.4, 0.5) is 16.2 Å². The molecule has 0 radical (unpaired) electrons. The van der Waals surface area contributed by atoms with Gasteiger partial charge in [0.15, 0.2) is 0 Å². The molecule has 2 aromatic carbocycles. The van der Waals surface area contributed by atoms with Gasteiger partial charge >= 0.3 is 6.03 Å². The molecule has 1 fully saturated rings. The number of ether oxygens (including phenoxy) is 1. The van der Waals surface area contributed by atoms with E-state index in [1.54, 1.807) is 29.1 Å². The van der Waals surface area contributed by atoms with Crippen molar-refractivity contribution in [3.8, 4) is 11.5 Å². The van der Waals surface area contributed by atoms with Crippen molar-refractivity contribution in [3.63, 3.8) is 0 Å². The van der Waals surface area contributed by atoms with Crippen LogP contribution in [0.3, 0.4) is 0 Å². The summed E-state index contributed by atoms with van der Waals surface area (Å²) >= 11 is 1.34. The lowest BCUT2D eigenvalue weighted by Gasteiger charge is -2.34. The molecule has 182 valence electrons. The third-order valence-corrected chi connectivity index (χ3v) is 7.81. The number of pyridine rings is 1. The maximum Gasteiger partial charge on any atom is 0.327 e. The van der Waals surface area contributed by atoms with Crippen LogP contribution in [0.5, 0.6) is 11.5 Å². The molecule has 0 bridgehead atoms. The van der Waals surface area contributed by atoms with Crippen LogP contribution in [0.2, 0.25) is 0 Å². The maximum atomic E-state index is 13.3. The number of benzene rings is 2. The van der Waals surface area contributed by atoms with Crippen LogP contribution in [-0.2, 0) is 9.59 Å². The number of para-hydroxylation sites is 1. The van der Waals surface area contributed by atoms with Crippen LogP contribution in [0, 0.1) is 0 Å². The van der Waals surface area contributed by atoms with Crippen LogP contribution >= 0.6 is 11.8 Å². The fourth-order valence-corrected chi connectivity index (χ4v) is 6.05. The highest BCUT2D eigenvalue weighted by atomic mass is 32.2. The van der Waals surface area contributed by atoms with Crippen LogP contribution in [0.1, 0.15) is 18.0 Å². The zero-order valence-corrected chi connectivity index (χ0v) is 20.2. The molecule has 2 N–H and O–H groups in total. The van der Waals surface area contributed by atoms with E-state index in [9.17, 15) is 14.4 Å². The average molecular weight is 502 g/mol. The number of anilines is 2. The van der Waals surface area contributed by atoms with E-state index >= 15 is 0 Å². The van der Waals surface area contributed by atoms with E-state index in [-0.39, 0.29) is 30.3 Å². The number of hydrogen-bond acceptors (Lipinski definition) is 6. The summed E-state index contributed by atoms with van der Waals surface area (Å²) in [6, 6.07) is 17.5. The second-order valence-electron chi connectivity index (χ2n) is 8.94. The van der Waals surface area contributed by atoms with E-state index in [2.05, 4.69) is 15.6 Å². The Morgan fingerprint density at radius 3 is 2.56 bits per heavy atom. The number of rotatable bonds is 5. The van der Waals surface area contributed by atoms with Gasteiger partial charge in [0, 0.05) is 31.8 Å². The third-order valence-electron chi connectivity index (χ3n) is 6.53. The Morgan fingerprint density at radius 1 is 1.08 bits per heavy atom. The summed E-state index contributed by atoms with van der Waals surface area (Å²) in [5, 5.41) is 6.13. The number of likely N-dealkylation sites (N-methyl/N-ethyl adjacent to an activating group) is 1. The van der Waals surface area contributed by atoms with Gasteiger partial charge in [-0.3, -0.25) is 14.5 Å². The first kappa shape index (κ1) is 22.4. The van der Waals surface area contributed by atoms with E-state index in [1.807, 2.05) is 54.6 Å². The Bertz CT molecular complexity index is 1350. The Kier molecular flexibility index (Phi) is 5.52. The number of thioether (sulfide) groups is 1. The van der Waals surface area contributed by atoms with Crippen molar-refractivity contribution < 1.29 is 19.1 Å². The number of likely N-dealkylation sites (tertiary alicyclic amines) is 1. The number of nitrogens with one attached hydrogen (secondary N) is 2. The molecule has 0 saturated carbocycles. The minimum Gasteiger partial charge on any atom is -0.457 e. The Labute approximate surface area is 211 Å². The fraction of sp³-hybridized carbons (Fsp3) is 0.231. The monoisotopic (exact) mass is 501 g/mol. The topological polar surface area (TPSA) is 104 Å². The molecule has 3 aliphatic heterocycles. The smallest absolute Gasteiger partial charge is 0.327 e. The number of hydrogen-bond donors (Lipinski definition) is 2. The number of nitrogens with zero attached hydrogens (tertiary/aromatic N) is 3. The molecule has 3 aliphatic rings. The molecule has 3 unspecified atom stereocenters. The first-order valence-corrected chi connectivity index (χ1v) is 12.5. The summed E-state index contributed by atoms with van der Waals surface area (Å²) in [4.78, 5) is 46.0. The van der Waals surface area contributed by atoms with Gasteiger partial charge in [-0.25, -0.2) is 9.78 Å². The molecule has 0 spiro atoms. The summed E-state index contributed by atoms with van der Waals surface area (Å²) in [7, 11) is 1.72. The molecule has 1 aromatic heterocycles. The van der Waals surface area contributed by atoms with Crippen molar-refractivity contribution in [1.82, 2.24) is 20.5 Å². The second-order valence-corrected chi connectivity index (χ2v) is 10.1. The van der Waals surface area contributed by atoms with Crippen LogP contribution < -0.4 is 20.3 Å². The molecule has 9 nitrogen and oxygen atoms in total. The highest BCUT2D eigenvalue weighted by Gasteiger charge is 2.47. The summed E-state index contributed by atoms with van der Waals surface area (Å²) in [6.07, 6.45) is 1.94. The number of amides is 4. The lowest BCUT2D eigenvalue weighted by Crippen LogP contribution is -2.50. The molecule has 4 amide bonds. The van der Waals surface area contributed by atoms with Gasteiger partial charge in [-0.05, 0) is 42.5 Å². The molecule has 3 atom stereocenters. The minimum absolute atomic E-state index is 0.00779. The quantitative estimate of drug-likeness (QED) is 0.554. The van der Waals surface area contributed by atoms with E-state index in [1.165, 1.54) is 11.8 Å². The van der Waals surface area contributed by atoms with Gasteiger partial charge in [0.25, 0.3) is 0 Å². The molecular formula is C26H23N5O4S. The highest BCUT2D eigenvalue weighted by molar-refractivity contribution is 8.01. The van der Waals surface area contributed by atoms with Gasteiger partial charge in [-0.15, -0.1) is 0 Å².